The van der Waals surface area contributed by atoms with Gasteiger partial charge in [0, 0.05) is 46.4 Å². The van der Waals surface area contributed by atoms with Crippen LogP contribution in [0.3, 0.4) is 0 Å². The van der Waals surface area contributed by atoms with Gasteiger partial charge in [-0.1, -0.05) is 36.4 Å². The Kier molecular flexibility index (Phi) is 6.64. The maximum atomic E-state index is 4.93. The maximum absolute atomic E-state index is 4.93. The highest BCUT2D eigenvalue weighted by Gasteiger charge is 2.31. The first-order valence-corrected chi connectivity index (χ1v) is 11.1. The summed E-state index contributed by atoms with van der Waals surface area (Å²) in [6.07, 6.45) is 0. The quantitative estimate of drug-likeness (QED) is 0.412. The summed E-state index contributed by atoms with van der Waals surface area (Å²) in [4.78, 5) is 9.85. The van der Waals surface area contributed by atoms with Gasteiger partial charge in [0.25, 0.3) is 0 Å². The zero-order valence-electron chi connectivity index (χ0n) is 19.7. The lowest BCUT2D eigenvalue weighted by atomic mass is 9.75. The molecule has 4 heteroatoms. The van der Waals surface area contributed by atoms with Crippen molar-refractivity contribution < 1.29 is 0 Å². The molecule has 3 rings (SSSR count). The molecule has 2 aromatic rings. The highest BCUT2D eigenvalue weighted by molar-refractivity contribution is 6.20. The van der Waals surface area contributed by atoms with Crippen LogP contribution in [-0.2, 0) is 0 Å². The van der Waals surface area contributed by atoms with Crippen molar-refractivity contribution in [3.63, 3.8) is 0 Å². The number of benzene rings is 2. The molecule has 160 valence electrons. The number of fused-ring (bicyclic) bond motifs is 4. The number of nitrogens with one attached hydrogen (secondary N) is 2. The molecule has 2 N–H and O–H groups in total. The molecule has 0 amide bonds. The molecule has 0 saturated carbocycles. The number of hydrogen-bond donors (Lipinski definition) is 2. The molecule has 0 spiro atoms. The second-order valence-corrected chi connectivity index (χ2v) is 9.20. The van der Waals surface area contributed by atoms with Gasteiger partial charge >= 0.3 is 0 Å². The molecule has 1 aliphatic rings. The molecule has 0 radical (unpaired) electrons. The molecular formula is C26H36N4. The molecule has 0 saturated heterocycles. The molecule has 0 aliphatic heterocycles. The van der Waals surface area contributed by atoms with Crippen LogP contribution in [-0.4, -0.2) is 35.8 Å². The zero-order valence-corrected chi connectivity index (χ0v) is 19.7. The van der Waals surface area contributed by atoms with Crippen molar-refractivity contribution in [1.82, 2.24) is 10.6 Å². The van der Waals surface area contributed by atoms with Crippen molar-refractivity contribution in [1.29, 1.82) is 0 Å². The molecular weight excluding hydrogens is 368 g/mol. The smallest absolute Gasteiger partial charge is 0.129 e. The standard InChI is InChI=1S/C26H36N4/c1-15(2)27-25(28-16(3)4)21-13-9-11-19-20-12-10-14-22(24(20)23(19)21)26(29-17(5)6)30-18(7)8/h9-18H,1-8H3,(H,27,28)(H,29,30). The van der Waals surface area contributed by atoms with E-state index in [4.69, 9.17) is 9.98 Å². The van der Waals surface area contributed by atoms with Crippen molar-refractivity contribution in [2.75, 3.05) is 0 Å². The van der Waals surface area contributed by atoms with Gasteiger partial charge in [-0.15, -0.1) is 0 Å². The summed E-state index contributed by atoms with van der Waals surface area (Å²) in [5, 5.41) is 7.15. The largest absolute Gasteiger partial charge is 0.368 e. The molecule has 0 fully saturated rings. The summed E-state index contributed by atoms with van der Waals surface area (Å²) in [7, 11) is 0. The molecule has 0 aromatic heterocycles. The Hall–Kier alpha value is -2.62. The van der Waals surface area contributed by atoms with Gasteiger partial charge in [0.05, 0.1) is 0 Å². The van der Waals surface area contributed by atoms with Crippen molar-refractivity contribution in [2.24, 2.45) is 9.98 Å². The Morgan fingerprint density at radius 3 is 1.27 bits per heavy atom. The van der Waals surface area contributed by atoms with Gasteiger partial charge in [-0.3, -0.25) is 9.98 Å². The van der Waals surface area contributed by atoms with Crippen molar-refractivity contribution in [2.45, 2.75) is 79.6 Å². The van der Waals surface area contributed by atoms with E-state index in [1.165, 1.54) is 33.4 Å². The molecule has 30 heavy (non-hydrogen) atoms. The van der Waals surface area contributed by atoms with E-state index in [1.807, 2.05) is 0 Å². The van der Waals surface area contributed by atoms with E-state index < -0.39 is 0 Å². The molecule has 0 atom stereocenters. The van der Waals surface area contributed by atoms with Gasteiger partial charge in [-0.25, -0.2) is 0 Å². The van der Waals surface area contributed by atoms with Crippen LogP contribution in [0.5, 0.6) is 0 Å². The number of hydrogen-bond acceptors (Lipinski definition) is 2. The lowest BCUT2D eigenvalue weighted by molar-refractivity contribution is 0.718. The number of aliphatic imine (C=N–C) groups is 2. The Labute approximate surface area is 181 Å². The van der Waals surface area contributed by atoms with Gasteiger partial charge in [-0.2, -0.15) is 0 Å². The second kappa shape index (κ2) is 9.03. The Balaban J connectivity index is 2.18. The summed E-state index contributed by atoms with van der Waals surface area (Å²) < 4.78 is 0. The summed E-state index contributed by atoms with van der Waals surface area (Å²) in [6.45, 7) is 17.1. The van der Waals surface area contributed by atoms with E-state index in [0.29, 0.717) is 12.1 Å². The molecule has 0 unspecified atom stereocenters. The van der Waals surface area contributed by atoms with E-state index in [9.17, 15) is 0 Å². The minimum absolute atomic E-state index is 0.220. The highest BCUT2D eigenvalue weighted by atomic mass is 15.0. The average molecular weight is 405 g/mol. The maximum Gasteiger partial charge on any atom is 0.129 e. The van der Waals surface area contributed by atoms with Crippen LogP contribution < -0.4 is 10.6 Å². The van der Waals surface area contributed by atoms with Gasteiger partial charge in [0.15, 0.2) is 0 Å². The Bertz CT molecular complexity index is 885. The van der Waals surface area contributed by atoms with Crippen molar-refractivity contribution in [3.05, 3.63) is 47.5 Å². The third kappa shape index (κ3) is 4.58. The molecule has 0 heterocycles. The number of amidine groups is 2. The normalized spacial score (nSPS) is 13.6. The topological polar surface area (TPSA) is 48.8 Å². The van der Waals surface area contributed by atoms with Crippen molar-refractivity contribution in [3.8, 4) is 22.3 Å². The minimum atomic E-state index is 0.220. The first-order chi connectivity index (χ1) is 14.2. The van der Waals surface area contributed by atoms with Crippen LogP contribution in [0, 0.1) is 0 Å². The van der Waals surface area contributed by atoms with Gasteiger partial charge in [0.1, 0.15) is 11.7 Å². The molecule has 0 bridgehead atoms. The first kappa shape index (κ1) is 22.1. The van der Waals surface area contributed by atoms with E-state index in [2.05, 4.69) is 102 Å². The molecule has 2 aromatic carbocycles. The summed E-state index contributed by atoms with van der Waals surface area (Å²) in [5.74, 6) is 1.94. The SMILES string of the molecule is CC(C)N=C(NC(C)C)c1cccc2c1-c1c(C(=NC(C)C)NC(C)C)cccc1-2. The lowest BCUT2D eigenvalue weighted by Gasteiger charge is -2.31. The Morgan fingerprint density at radius 1 is 0.600 bits per heavy atom. The van der Waals surface area contributed by atoms with Crippen LogP contribution in [0.25, 0.3) is 22.3 Å². The third-order valence-corrected chi connectivity index (χ3v) is 4.80. The number of rotatable bonds is 6. The first-order valence-electron chi connectivity index (χ1n) is 11.1. The second-order valence-electron chi connectivity index (χ2n) is 9.20. The average Bonchev–Trinajstić information content (AvgIpc) is 2.62. The van der Waals surface area contributed by atoms with E-state index in [0.717, 1.165) is 11.7 Å². The lowest BCUT2D eigenvalue weighted by Crippen LogP contribution is -2.34. The monoisotopic (exact) mass is 404 g/mol. The minimum Gasteiger partial charge on any atom is -0.368 e. The van der Waals surface area contributed by atoms with Gasteiger partial charge in [0.2, 0.25) is 0 Å². The Morgan fingerprint density at radius 2 is 0.967 bits per heavy atom. The fourth-order valence-corrected chi connectivity index (χ4v) is 3.86. The fourth-order valence-electron chi connectivity index (χ4n) is 3.86. The molecule has 1 aliphatic carbocycles. The number of nitrogens with zero attached hydrogens (tertiary/aromatic N) is 2. The third-order valence-electron chi connectivity index (χ3n) is 4.80. The predicted molar refractivity (Wildman–Crippen MR) is 131 cm³/mol. The van der Waals surface area contributed by atoms with E-state index in [1.54, 1.807) is 0 Å². The van der Waals surface area contributed by atoms with Gasteiger partial charge in [-0.05, 0) is 66.5 Å². The molecule has 4 nitrogen and oxygen atoms in total. The van der Waals surface area contributed by atoms with Crippen LogP contribution in [0.1, 0.15) is 66.5 Å². The van der Waals surface area contributed by atoms with E-state index >= 15 is 0 Å². The highest BCUT2D eigenvalue weighted by Crippen LogP contribution is 2.50. The van der Waals surface area contributed by atoms with Crippen LogP contribution >= 0.6 is 0 Å². The van der Waals surface area contributed by atoms with Crippen LogP contribution in [0.2, 0.25) is 0 Å². The van der Waals surface area contributed by atoms with Crippen molar-refractivity contribution >= 4 is 11.7 Å². The summed E-state index contributed by atoms with van der Waals surface area (Å²) in [6, 6.07) is 14.1. The van der Waals surface area contributed by atoms with Crippen LogP contribution in [0.15, 0.2) is 46.4 Å². The summed E-state index contributed by atoms with van der Waals surface area (Å²) >= 11 is 0. The predicted octanol–water partition coefficient (Wildman–Crippen LogP) is 5.64. The van der Waals surface area contributed by atoms with Crippen LogP contribution in [0.4, 0.5) is 0 Å². The summed E-state index contributed by atoms with van der Waals surface area (Å²) in [5.41, 5.74) is 7.47. The fraction of sp³-hybridized carbons (Fsp3) is 0.462. The zero-order chi connectivity index (χ0) is 22.0. The van der Waals surface area contributed by atoms with Gasteiger partial charge < -0.3 is 10.6 Å². The van der Waals surface area contributed by atoms with E-state index in [-0.39, 0.29) is 12.1 Å².